The minimum atomic E-state index is -0.516. The normalized spacial score (nSPS) is 16.8. The zero-order chi connectivity index (χ0) is 25.4. The summed E-state index contributed by atoms with van der Waals surface area (Å²) >= 11 is 7.77. The van der Waals surface area contributed by atoms with Crippen molar-refractivity contribution in [2.75, 3.05) is 11.9 Å². The van der Waals surface area contributed by atoms with Crippen LogP contribution in [0, 0.1) is 0 Å². The first-order valence-electron chi connectivity index (χ1n) is 12.1. The quantitative estimate of drug-likeness (QED) is 0.244. The van der Waals surface area contributed by atoms with Crippen LogP contribution in [0.25, 0.3) is 0 Å². The van der Waals surface area contributed by atoms with Crippen molar-refractivity contribution in [3.63, 3.8) is 0 Å². The highest BCUT2D eigenvalue weighted by Crippen LogP contribution is 2.41. The lowest BCUT2D eigenvalue weighted by Crippen LogP contribution is -2.38. The summed E-state index contributed by atoms with van der Waals surface area (Å²) in [5, 5.41) is 7.84. The van der Waals surface area contributed by atoms with Crippen LogP contribution in [0.2, 0.25) is 5.02 Å². The molecule has 2 N–H and O–H groups in total. The summed E-state index contributed by atoms with van der Waals surface area (Å²) in [5.41, 5.74) is 4.42. The monoisotopic (exact) mass is 529 g/mol. The van der Waals surface area contributed by atoms with E-state index in [-0.39, 0.29) is 12.1 Å². The van der Waals surface area contributed by atoms with Crippen molar-refractivity contribution in [3.05, 3.63) is 117 Å². The molecule has 0 aliphatic carbocycles. The Kier molecular flexibility index (Phi) is 6.42. The van der Waals surface area contributed by atoms with Gasteiger partial charge in [-0.2, -0.15) is 0 Å². The molecule has 0 radical (unpaired) electrons. The third-order valence-corrected chi connectivity index (χ3v) is 8.16. The van der Waals surface area contributed by atoms with Gasteiger partial charge in [-0.25, -0.2) is 4.79 Å². The Labute approximate surface area is 223 Å². The molecule has 3 heterocycles. The Hall–Kier alpha value is -3.65. The van der Waals surface area contributed by atoms with E-state index in [1.807, 2.05) is 18.2 Å². The maximum atomic E-state index is 13.1. The molecule has 4 aromatic rings. The molecule has 1 aromatic heterocycles. The van der Waals surface area contributed by atoms with Gasteiger partial charge in [0.05, 0.1) is 16.1 Å². The number of thiophene rings is 1. The maximum absolute atomic E-state index is 13.1. The van der Waals surface area contributed by atoms with Crippen molar-refractivity contribution >= 4 is 39.8 Å². The molecule has 0 unspecified atom stereocenters. The van der Waals surface area contributed by atoms with Gasteiger partial charge in [0.25, 0.3) is 5.91 Å². The van der Waals surface area contributed by atoms with Gasteiger partial charge in [0.1, 0.15) is 16.9 Å². The molecular weight excluding hydrogens is 506 g/mol. The van der Waals surface area contributed by atoms with E-state index in [1.165, 1.54) is 10.4 Å². The number of hydrogen-bond donors (Lipinski definition) is 2. The Bertz CT molecular complexity index is 1470. The average molecular weight is 530 g/mol. The number of hydrogen-bond acceptors (Lipinski definition) is 6. The van der Waals surface area contributed by atoms with Crippen LogP contribution in [0.1, 0.15) is 48.4 Å². The fourth-order valence-corrected chi connectivity index (χ4v) is 6.36. The number of rotatable bonds is 5. The summed E-state index contributed by atoms with van der Waals surface area (Å²) in [4.78, 5) is 29.3. The molecule has 0 spiro atoms. The highest BCUT2D eigenvalue weighted by atomic mass is 35.5. The second-order valence-corrected chi connectivity index (χ2v) is 10.7. The molecule has 0 saturated heterocycles. The van der Waals surface area contributed by atoms with Crippen LogP contribution >= 0.6 is 22.9 Å². The highest BCUT2D eigenvalue weighted by Gasteiger charge is 2.33. The van der Waals surface area contributed by atoms with Crippen LogP contribution in [-0.4, -0.2) is 23.3 Å². The smallest absolute Gasteiger partial charge is 0.345 e. The number of amides is 1. The van der Waals surface area contributed by atoms with Gasteiger partial charge in [-0.15, -0.1) is 11.3 Å². The zero-order valence-electron chi connectivity index (χ0n) is 19.9. The number of carbonyl (C=O) groups excluding carboxylic acids is 2. The predicted octanol–water partition coefficient (Wildman–Crippen LogP) is 6.03. The molecule has 0 fully saturated rings. The minimum absolute atomic E-state index is 0.0537. The fourth-order valence-electron chi connectivity index (χ4n) is 4.83. The highest BCUT2D eigenvalue weighted by molar-refractivity contribution is 7.16. The Balaban J connectivity index is 1.15. The van der Waals surface area contributed by atoms with Gasteiger partial charge in [0, 0.05) is 24.5 Å². The number of carbonyl (C=O) groups is 2. The third kappa shape index (κ3) is 4.85. The molecule has 6 nitrogen and oxygen atoms in total. The maximum Gasteiger partial charge on any atom is 0.345 e. The predicted molar refractivity (Wildman–Crippen MR) is 145 cm³/mol. The number of esters is 1. The second kappa shape index (κ2) is 10.0. The number of nitrogens with zero attached hydrogens (tertiary/aromatic N) is 1. The molecule has 0 saturated carbocycles. The van der Waals surface area contributed by atoms with Gasteiger partial charge in [-0.05, 0) is 47.4 Å². The molecular formula is C29H24ClN3O3S. The Morgan fingerprint density at radius 1 is 1.00 bits per heavy atom. The van der Waals surface area contributed by atoms with Crippen molar-refractivity contribution in [3.8, 4) is 5.75 Å². The van der Waals surface area contributed by atoms with E-state index in [2.05, 4.69) is 39.8 Å². The van der Waals surface area contributed by atoms with E-state index in [0.717, 1.165) is 47.7 Å². The lowest BCUT2D eigenvalue weighted by Gasteiger charge is -2.28. The van der Waals surface area contributed by atoms with E-state index >= 15 is 0 Å². The number of ether oxygens (including phenoxy) is 1. The first-order chi connectivity index (χ1) is 18.0. The molecule has 3 aromatic carbocycles. The van der Waals surface area contributed by atoms with E-state index in [4.69, 9.17) is 16.3 Å². The van der Waals surface area contributed by atoms with Gasteiger partial charge in [-0.1, -0.05) is 66.2 Å². The van der Waals surface area contributed by atoms with Crippen LogP contribution in [0.3, 0.4) is 0 Å². The summed E-state index contributed by atoms with van der Waals surface area (Å²) in [6, 6.07) is 24.4. The molecule has 8 heteroatoms. The van der Waals surface area contributed by atoms with Gasteiger partial charge in [0.2, 0.25) is 0 Å². The number of fused-ring (bicyclic) bond motifs is 3. The molecule has 1 amide bonds. The SMILES string of the molecule is O=C(Oc1ccc([C@H]2NC(=O)c3c(sc4c3CCN(Cc3ccccc3)C4)N2)cc1)c1ccccc1Cl. The minimum Gasteiger partial charge on any atom is -0.423 e. The van der Waals surface area contributed by atoms with Crippen molar-refractivity contribution in [2.24, 2.45) is 0 Å². The summed E-state index contributed by atoms with van der Waals surface area (Å²) in [6.07, 6.45) is 0.494. The van der Waals surface area contributed by atoms with Crippen LogP contribution in [-0.2, 0) is 19.5 Å². The lowest BCUT2D eigenvalue weighted by atomic mass is 10.00. The topological polar surface area (TPSA) is 70.7 Å². The van der Waals surface area contributed by atoms with Crippen molar-refractivity contribution < 1.29 is 14.3 Å². The van der Waals surface area contributed by atoms with Crippen LogP contribution in [0.5, 0.6) is 5.75 Å². The summed E-state index contributed by atoms with van der Waals surface area (Å²) in [6.45, 7) is 2.67. The molecule has 2 aliphatic heterocycles. The lowest BCUT2D eigenvalue weighted by molar-refractivity contribution is 0.0734. The van der Waals surface area contributed by atoms with Crippen LogP contribution < -0.4 is 15.4 Å². The molecule has 6 rings (SSSR count). The fraction of sp³-hybridized carbons (Fsp3) is 0.172. The Morgan fingerprint density at radius 2 is 1.76 bits per heavy atom. The number of nitrogens with one attached hydrogen (secondary N) is 2. The van der Waals surface area contributed by atoms with Gasteiger partial charge in [0.15, 0.2) is 0 Å². The Morgan fingerprint density at radius 3 is 2.54 bits per heavy atom. The zero-order valence-corrected chi connectivity index (χ0v) is 21.4. The van der Waals surface area contributed by atoms with Gasteiger partial charge < -0.3 is 15.4 Å². The van der Waals surface area contributed by atoms with Gasteiger partial charge in [-0.3, -0.25) is 9.69 Å². The van der Waals surface area contributed by atoms with E-state index < -0.39 is 5.97 Å². The third-order valence-electron chi connectivity index (χ3n) is 6.68. The number of benzene rings is 3. The molecule has 1 atom stereocenters. The number of halogens is 1. The first-order valence-corrected chi connectivity index (χ1v) is 13.3. The van der Waals surface area contributed by atoms with Crippen LogP contribution in [0.4, 0.5) is 5.00 Å². The van der Waals surface area contributed by atoms with Crippen molar-refractivity contribution in [1.29, 1.82) is 0 Å². The van der Waals surface area contributed by atoms with Crippen LogP contribution in [0.15, 0.2) is 78.9 Å². The second-order valence-electron chi connectivity index (χ2n) is 9.14. The summed E-state index contributed by atoms with van der Waals surface area (Å²) in [7, 11) is 0. The van der Waals surface area contributed by atoms with Gasteiger partial charge >= 0.3 is 5.97 Å². The molecule has 2 aliphatic rings. The standard InChI is InChI=1S/C29H24ClN3O3S/c30-23-9-5-4-8-21(23)29(35)36-20-12-10-19(11-13-20)26-31-27(34)25-22-14-15-33(16-18-6-2-1-3-7-18)17-24(22)37-28(25)32-26/h1-13,26,32H,14-17H2,(H,31,34)/t26-/m0/s1. The molecule has 37 heavy (non-hydrogen) atoms. The van der Waals surface area contributed by atoms with E-state index in [9.17, 15) is 9.59 Å². The average Bonchev–Trinajstić information content (AvgIpc) is 3.28. The molecule has 0 bridgehead atoms. The summed E-state index contributed by atoms with van der Waals surface area (Å²) < 4.78 is 5.47. The van der Waals surface area contributed by atoms with Crippen molar-refractivity contribution in [2.45, 2.75) is 25.7 Å². The number of anilines is 1. The first kappa shape index (κ1) is 23.7. The van der Waals surface area contributed by atoms with Crippen molar-refractivity contribution in [1.82, 2.24) is 10.2 Å². The van der Waals surface area contributed by atoms with E-state index in [0.29, 0.717) is 16.3 Å². The molecule has 186 valence electrons. The van der Waals surface area contributed by atoms with E-state index in [1.54, 1.807) is 47.7 Å². The largest absolute Gasteiger partial charge is 0.423 e. The summed E-state index contributed by atoms with van der Waals surface area (Å²) in [5.74, 6) is -0.166.